The number of nitrogens with zero attached hydrogens (tertiary/aromatic N) is 1. The van der Waals surface area contributed by atoms with E-state index >= 15 is 0 Å². The highest BCUT2D eigenvalue weighted by atomic mass is 19.4. The number of halogens is 3. The monoisotopic (exact) mass is 346 g/mol. The summed E-state index contributed by atoms with van der Waals surface area (Å²) in [6.07, 6.45) is -2.95. The van der Waals surface area contributed by atoms with Gasteiger partial charge in [0.15, 0.2) is 0 Å². The van der Waals surface area contributed by atoms with Gasteiger partial charge in [-0.25, -0.2) is 4.79 Å². The van der Waals surface area contributed by atoms with Crippen LogP contribution in [0.4, 0.5) is 23.7 Å². The fraction of sp³-hybridized carbons (Fsp3) is 0.562. The number of anilines is 1. The molecule has 5 nitrogen and oxygen atoms in total. The van der Waals surface area contributed by atoms with Crippen LogP contribution in [0, 0.1) is 0 Å². The van der Waals surface area contributed by atoms with Gasteiger partial charge in [-0.3, -0.25) is 0 Å². The second kappa shape index (κ2) is 7.74. The molecule has 8 heteroatoms. The van der Waals surface area contributed by atoms with Crippen molar-refractivity contribution in [2.24, 2.45) is 0 Å². The molecule has 0 aromatic heterocycles. The molecule has 0 saturated carbocycles. The lowest BCUT2D eigenvalue weighted by atomic mass is 10.1. The summed E-state index contributed by atoms with van der Waals surface area (Å²) in [6, 6.07) is 3.07. The number of benzene rings is 1. The summed E-state index contributed by atoms with van der Waals surface area (Å²) in [4.78, 5) is 13.8. The Morgan fingerprint density at radius 1 is 1.42 bits per heavy atom. The zero-order valence-corrected chi connectivity index (χ0v) is 13.7. The van der Waals surface area contributed by atoms with Gasteiger partial charge in [0.1, 0.15) is 5.75 Å². The maximum atomic E-state index is 13.1. The third-order valence-electron chi connectivity index (χ3n) is 3.83. The molecule has 0 aliphatic carbocycles. The fourth-order valence-electron chi connectivity index (χ4n) is 2.63. The Morgan fingerprint density at radius 2 is 2.17 bits per heavy atom. The average Bonchev–Trinajstić information content (AvgIpc) is 2.55. The largest absolute Gasteiger partial charge is 0.493 e. The van der Waals surface area contributed by atoms with Crippen molar-refractivity contribution in [1.29, 1.82) is 0 Å². The Balaban J connectivity index is 2.13. The minimum atomic E-state index is -4.56. The summed E-state index contributed by atoms with van der Waals surface area (Å²) >= 11 is 0. The average molecular weight is 346 g/mol. The number of rotatable bonds is 4. The number of hydrogen-bond acceptors (Lipinski definition) is 3. The molecular weight excluding hydrogens is 325 g/mol. The number of piperidine rings is 1. The minimum Gasteiger partial charge on any atom is -0.493 e. The van der Waals surface area contributed by atoms with Gasteiger partial charge in [0.05, 0.1) is 18.3 Å². The molecule has 0 bridgehead atoms. The number of amides is 2. The molecule has 1 saturated heterocycles. The molecular formula is C16H21F3N2O3. The van der Waals surface area contributed by atoms with Crippen LogP contribution >= 0.6 is 0 Å². The summed E-state index contributed by atoms with van der Waals surface area (Å²) in [7, 11) is 1.58. The molecule has 1 aromatic rings. The van der Waals surface area contributed by atoms with Crippen molar-refractivity contribution in [3.63, 3.8) is 0 Å². The Bertz CT molecular complexity index is 578. The predicted molar refractivity (Wildman–Crippen MR) is 83.2 cm³/mol. The maximum absolute atomic E-state index is 13.1. The van der Waals surface area contributed by atoms with Crippen LogP contribution in [0.15, 0.2) is 18.2 Å². The molecule has 1 heterocycles. The molecule has 1 aliphatic rings. The van der Waals surface area contributed by atoms with E-state index in [0.29, 0.717) is 13.1 Å². The topological polar surface area (TPSA) is 50.8 Å². The lowest BCUT2D eigenvalue weighted by Gasteiger charge is -2.32. The minimum absolute atomic E-state index is 0.0458. The Hall–Kier alpha value is -1.96. The first-order valence-corrected chi connectivity index (χ1v) is 7.78. The van der Waals surface area contributed by atoms with Crippen molar-refractivity contribution in [2.75, 3.05) is 32.1 Å². The molecule has 24 heavy (non-hydrogen) atoms. The number of methoxy groups -OCH3 is 1. The first-order chi connectivity index (χ1) is 11.3. The van der Waals surface area contributed by atoms with E-state index in [1.807, 2.05) is 0 Å². The van der Waals surface area contributed by atoms with Crippen molar-refractivity contribution in [1.82, 2.24) is 4.90 Å². The summed E-state index contributed by atoms with van der Waals surface area (Å²) in [5, 5.41) is 2.51. The van der Waals surface area contributed by atoms with Crippen LogP contribution in [0.3, 0.4) is 0 Å². The molecule has 2 amide bonds. The van der Waals surface area contributed by atoms with Crippen LogP contribution in [-0.4, -0.2) is 43.8 Å². The van der Waals surface area contributed by atoms with E-state index in [-0.39, 0.29) is 24.1 Å². The maximum Gasteiger partial charge on any atom is 0.420 e. The van der Waals surface area contributed by atoms with Crippen LogP contribution in [0.25, 0.3) is 0 Å². The molecule has 1 aromatic carbocycles. The summed E-state index contributed by atoms with van der Waals surface area (Å²) in [6.45, 7) is 2.71. The van der Waals surface area contributed by atoms with Crippen molar-refractivity contribution in [3.8, 4) is 5.75 Å². The molecule has 1 N–H and O–H groups in total. The Morgan fingerprint density at radius 3 is 2.79 bits per heavy atom. The van der Waals surface area contributed by atoms with Gasteiger partial charge in [0, 0.05) is 25.9 Å². The lowest BCUT2D eigenvalue weighted by Crippen LogP contribution is -2.44. The molecule has 1 fully saturated rings. The highest BCUT2D eigenvalue weighted by Crippen LogP contribution is 2.38. The molecule has 0 spiro atoms. The van der Waals surface area contributed by atoms with E-state index < -0.39 is 17.8 Å². The van der Waals surface area contributed by atoms with Gasteiger partial charge in [-0.2, -0.15) is 13.2 Å². The number of carbonyl (C=O) groups excluding carboxylic acids is 1. The molecule has 134 valence electrons. The highest BCUT2D eigenvalue weighted by molar-refractivity contribution is 5.89. The van der Waals surface area contributed by atoms with Crippen LogP contribution in [0.1, 0.15) is 25.3 Å². The summed E-state index contributed by atoms with van der Waals surface area (Å²) < 4.78 is 49.6. The summed E-state index contributed by atoms with van der Waals surface area (Å²) in [5.41, 5.74) is -0.828. The zero-order valence-electron chi connectivity index (χ0n) is 13.7. The van der Waals surface area contributed by atoms with Crippen molar-refractivity contribution < 1.29 is 27.4 Å². The number of nitrogens with one attached hydrogen (secondary N) is 1. The number of likely N-dealkylation sites (tertiary alicyclic amines) is 1. The zero-order chi connectivity index (χ0) is 17.7. The predicted octanol–water partition coefficient (Wildman–Crippen LogP) is 3.75. The number of hydrogen-bond donors (Lipinski definition) is 1. The molecule has 1 aliphatic heterocycles. The van der Waals surface area contributed by atoms with Crippen molar-refractivity contribution in [2.45, 2.75) is 32.0 Å². The third kappa shape index (κ3) is 4.53. The number of urea groups is 1. The Kier molecular flexibility index (Phi) is 5.93. The van der Waals surface area contributed by atoms with Crippen LogP contribution in [-0.2, 0) is 10.9 Å². The van der Waals surface area contributed by atoms with Crippen molar-refractivity contribution >= 4 is 11.7 Å². The lowest BCUT2D eigenvalue weighted by molar-refractivity contribution is -0.138. The van der Waals surface area contributed by atoms with Gasteiger partial charge in [-0.1, -0.05) is 0 Å². The van der Waals surface area contributed by atoms with Gasteiger partial charge in [0.2, 0.25) is 0 Å². The van der Waals surface area contributed by atoms with Crippen LogP contribution < -0.4 is 10.1 Å². The van der Waals surface area contributed by atoms with E-state index in [4.69, 9.17) is 9.47 Å². The molecule has 1 unspecified atom stereocenters. The van der Waals surface area contributed by atoms with Crippen LogP contribution in [0.5, 0.6) is 5.75 Å². The number of alkyl halides is 3. The second-order valence-electron chi connectivity index (χ2n) is 5.52. The van der Waals surface area contributed by atoms with Gasteiger partial charge in [-0.15, -0.1) is 0 Å². The SMILES string of the molecule is CCOc1ccc(NC(=O)N2CCCC(OC)C2)cc1C(F)(F)F. The van der Waals surface area contributed by atoms with Gasteiger partial charge < -0.3 is 19.7 Å². The number of ether oxygens (including phenoxy) is 2. The standard InChI is InChI=1S/C16H21F3N2O3/c1-3-24-14-7-6-11(9-13(14)16(17,18)19)20-15(22)21-8-4-5-12(10-21)23-2/h6-7,9,12H,3-5,8,10H2,1-2H3,(H,20,22). The second-order valence-corrected chi connectivity index (χ2v) is 5.52. The number of carbonyl (C=O) groups is 1. The summed E-state index contributed by atoms with van der Waals surface area (Å²) in [5.74, 6) is -0.250. The van der Waals surface area contributed by atoms with E-state index in [0.717, 1.165) is 18.9 Å². The smallest absolute Gasteiger partial charge is 0.420 e. The van der Waals surface area contributed by atoms with E-state index in [1.165, 1.54) is 12.1 Å². The first-order valence-electron chi connectivity index (χ1n) is 7.78. The van der Waals surface area contributed by atoms with E-state index in [9.17, 15) is 18.0 Å². The highest BCUT2D eigenvalue weighted by Gasteiger charge is 2.35. The fourth-order valence-corrected chi connectivity index (χ4v) is 2.63. The van der Waals surface area contributed by atoms with E-state index in [1.54, 1.807) is 18.9 Å². The van der Waals surface area contributed by atoms with Crippen molar-refractivity contribution in [3.05, 3.63) is 23.8 Å². The quantitative estimate of drug-likeness (QED) is 0.903. The third-order valence-corrected chi connectivity index (χ3v) is 3.83. The first kappa shape index (κ1) is 18.4. The van der Waals surface area contributed by atoms with E-state index in [2.05, 4.69) is 5.32 Å². The van der Waals surface area contributed by atoms with Gasteiger partial charge in [-0.05, 0) is 38.0 Å². The molecule has 2 rings (SSSR count). The van der Waals surface area contributed by atoms with Gasteiger partial charge >= 0.3 is 12.2 Å². The van der Waals surface area contributed by atoms with Crippen LogP contribution in [0.2, 0.25) is 0 Å². The van der Waals surface area contributed by atoms with Gasteiger partial charge in [0.25, 0.3) is 0 Å². The Labute approximate surface area is 138 Å². The molecule has 0 radical (unpaired) electrons. The molecule has 1 atom stereocenters. The normalized spacial score (nSPS) is 18.4.